The Hall–Kier alpha value is -0.620. The molecule has 0 fully saturated rings. The van der Waals surface area contributed by atoms with Crippen molar-refractivity contribution in [1.29, 1.82) is 0 Å². The molecule has 3 nitrogen and oxygen atoms in total. The summed E-state index contributed by atoms with van der Waals surface area (Å²) in [5.74, 6) is 0. The Labute approximate surface area is 146 Å². The van der Waals surface area contributed by atoms with Crippen LogP contribution >= 0.6 is 18.5 Å². The van der Waals surface area contributed by atoms with Crippen molar-refractivity contribution >= 4 is 29.5 Å². The Kier molecular flexibility index (Phi) is 14.8. The van der Waals surface area contributed by atoms with E-state index in [2.05, 4.69) is 23.1 Å². The largest absolute Gasteiger partial charge is 0.386 e. The SMILES string of the molecule is CC(=O)P.CC(C)(O)c1ccc(CC(=O)P)cc1.CCCCC. The number of carbonyl (C=O) groups is 2. The summed E-state index contributed by atoms with van der Waals surface area (Å²) in [5.41, 5.74) is 1.17. The van der Waals surface area contributed by atoms with E-state index in [4.69, 9.17) is 0 Å². The lowest BCUT2D eigenvalue weighted by atomic mass is 9.97. The first-order valence-corrected chi connectivity index (χ1v) is 9.06. The van der Waals surface area contributed by atoms with Crippen LogP contribution in [-0.2, 0) is 21.6 Å². The van der Waals surface area contributed by atoms with Gasteiger partial charge in [-0.3, -0.25) is 9.59 Å². The topological polar surface area (TPSA) is 54.4 Å². The van der Waals surface area contributed by atoms with Crippen LogP contribution in [0.3, 0.4) is 0 Å². The minimum absolute atomic E-state index is 0.0704. The fourth-order valence-electron chi connectivity index (χ4n) is 1.59. The van der Waals surface area contributed by atoms with Crippen molar-refractivity contribution in [1.82, 2.24) is 0 Å². The van der Waals surface area contributed by atoms with Gasteiger partial charge in [-0.1, -0.05) is 75.9 Å². The van der Waals surface area contributed by atoms with Crippen LogP contribution in [0.1, 0.15) is 65.0 Å². The number of carbonyl (C=O) groups excluding carboxylic acids is 2. The molecule has 5 heteroatoms. The zero-order chi connectivity index (χ0) is 18.5. The number of hydrogen-bond donors (Lipinski definition) is 1. The highest BCUT2D eigenvalue weighted by atomic mass is 31.0. The van der Waals surface area contributed by atoms with E-state index in [0.717, 1.165) is 11.1 Å². The van der Waals surface area contributed by atoms with E-state index in [1.165, 1.54) is 26.2 Å². The van der Waals surface area contributed by atoms with Gasteiger partial charge in [0.15, 0.2) is 5.52 Å². The number of hydrogen-bond acceptors (Lipinski definition) is 3. The first kappa shape index (κ1) is 24.6. The predicted molar refractivity (Wildman–Crippen MR) is 106 cm³/mol. The first-order valence-electron chi connectivity index (χ1n) is 7.90. The second kappa shape index (κ2) is 13.8. The molecule has 23 heavy (non-hydrogen) atoms. The molecule has 132 valence electrons. The minimum atomic E-state index is -0.816. The van der Waals surface area contributed by atoms with Crippen molar-refractivity contribution in [3.05, 3.63) is 35.4 Å². The summed E-state index contributed by atoms with van der Waals surface area (Å²) >= 11 is 0. The molecule has 0 spiro atoms. The summed E-state index contributed by atoms with van der Waals surface area (Å²) in [5, 5.41) is 9.69. The van der Waals surface area contributed by atoms with Crippen LogP contribution in [0.5, 0.6) is 0 Å². The summed E-state index contributed by atoms with van der Waals surface area (Å²) in [6, 6.07) is 7.44. The zero-order valence-electron chi connectivity index (χ0n) is 15.1. The molecular formula is C18H32O3P2. The lowest BCUT2D eigenvalue weighted by molar-refractivity contribution is -0.110. The van der Waals surface area contributed by atoms with Crippen LogP contribution in [-0.4, -0.2) is 16.2 Å². The first-order chi connectivity index (χ1) is 10.5. The van der Waals surface area contributed by atoms with Gasteiger partial charge in [-0.25, -0.2) is 0 Å². The fourth-order valence-corrected chi connectivity index (χ4v) is 1.82. The third-order valence-electron chi connectivity index (χ3n) is 2.75. The highest BCUT2D eigenvalue weighted by Crippen LogP contribution is 2.19. The molecule has 1 rings (SSSR count). The molecule has 1 aromatic rings. The third kappa shape index (κ3) is 17.6. The Bertz CT molecular complexity index is 442. The molecule has 1 aromatic carbocycles. The van der Waals surface area contributed by atoms with Crippen molar-refractivity contribution in [2.75, 3.05) is 0 Å². The van der Waals surface area contributed by atoms with E-state index in [1.54, 1.807) is 13.8 Å². The van der Waals surface area contributed by atoms with Crippen LogP contribution in [0, 0.1) is 0 Å². The number of rotatable bonds is 5. The minimum Gasteiger partial charge on any atom is -0.386 e. The van der Waals surface area contributed by atoms with E-state index >= 15 is 0 Å². The molecule has 0 aliphatic heterocycles. The average molecular weight is 358 g/mol. The summed E-state index contributed by atoms with van der Waals surface area (Å²) < 4.78 is 0. The van der Waals surface area contributed by atoms with Crippen LogP contribution in [0.25, 0.3) is 0 Å². The monoisotopic (exact) mass is 358 g/mol. The smallest absolute Gasteiger partial charge is 0.152 e. The lowest BCUT2D eigenvalue weighted by Crippen LogP contribution is -2.15. The molecular weight excluding hydrogens is 326 g/mol. The van der Waals surface area contributed by atoms with Gasteiger partial charge < -0.3 is 5.11 Å². The second-order valence-electron chi connectivity index (χ2n) is 5.86. The van der Waals surface area contributed by atoms with Crippen molar-refractivity contribution in [3.63, 3.8) is 0 Å². The van der Waals surface area contributed by atoms with Crippen LogP contribution < -0.4 is 0 Å². The molecule has 0 bridgehead atoms. The van der Waals surface area contributed by atoms with Gasteiger partial charge in [0.1, 0.15) is 5.52 Å². The van der Waals surface area contributed by atoms with Crippen LogP contribution in [0.15, 0.2) is 24.3 Å². The Morgan fingerprint density at radius 1 is 1.04 bits per heavy atom. The lowest BCUT2D eigenvalue weighted by Gasteiger charge is -2.17. The molecule has 0 aliphatic carbocycles. The summed E-state index contributed by atoms with van der Waals surface area (Å²) in [7, 11) is 4.17. The van der Waals surface area contributed by atoms with Gasteiger partial charge in [0.2, 0.25) is 0 Å². The molecule has 0 amide bonds. The maximum Gasteiger partial charge on any atom is 0.152 e. The standard InChI is InChI=1S/C11H15O2P.C5H12.C2H5OP/c1-11(2,13)9-5-3-8(4-6-9)7-10(12)14;1-3-5-4-2;1-2(3)4/h3-6,13H,7,14H2,1-2H3;3-5H2,1-2H3;4H2,1H3. The van der Waals surface area contributed by atoms with E-state index in [-0.39, 0.29) is 11.0 Å². The summed E-state index contributed by atoms with van der Waals surface area (Å²) in [6.07, 6.45) is 4.50. The number of aliphatic hydroxyl groups is 1. The van der Waals surface area contributed by atoms with Crippen molar-refractivity contribution in [3.8, 4) is 0 Å². The van der Waals surface area contributed by atoms with Crippen LogP contribution in [0.2, 0.25) is 0 Å². The molecule has 1 N–H and O–H groups in total. The van der Waals surface area contributed by atoms with Crippen molar-refractivity contribution < 1.29 is 14.7 Å². The van der Waals surface area contributed by atoms with Gasteiger partial charge in [0.05, 0.1) is 5.60 Å². The highest BCUT2D eigenvalue weighted by Gasteiger charge is 2.14. The third-order valence-corrected chi connectivity index (χ3v) is 2.95. The molecule has 0 aliphatic rings. The predicted octanol–water partition coefficient (Wildman–Crippen LogP) is 4.46. The van der Waals surface area contributed by atoms with Gasteiger partial charge in [0, 0.05) is 6.42 Å². The van der Waals surface area contributed by atoms with Crippen molar-refractivity contribution in [2.45, 2.75) is 65.9 Å². The van der Waals surface area contributed by atoms with Gasteiger partial charge in [-0.05, 0) is 31.9 Å². The normalized spacial score (nSPS) is 9.91. The molecule has 2 unspecified atom stereocenters. The quantitative estimate of drug-likeness (QED) is 0.791. The van der Waals surface area contributed by atoms with E-state index in [9.17, 15) is 14.7 Å². The zero-order valence-corrected chi connectivity index (χ0v) is 17.4. The Morgan fingerprint density at radius 3 is 1.65 bits per heavy atom. The average Bonchev–Trinajstić information content (AvgIpc) is 2.38. The second-order valence-corrected chi connectivity index (χ2v) is 7.32. The molecule has 0 aromatic heterocycles. The molecule has 0 radical (unpaired) electrons. The molecule has 0 heterocycles. The van der Waals surface area contributed by atoms with E-state index in [1.807, 2.05) is 33.5 Å². The summed E-state index contributed by atoms with van der Waals surface area (Å²) in [4.78, 5) is 20.2. The molecule has 0 saturated carbocycles. The van der Waals surface area contributed by atoms with Gasteiger partial charge in [-0.2, -0.15) is 0 Å². The fraction of sp³-hybridized carbons (Fsp3) is 0.556. The van der Waals surface area contributed by atoms with Gasteiger partial charge >= 0.3 is 0 Å². The summed E-state index contributed by atoms with van der Waals surface area (Å²) in [6.45, 7) is 9.39. The Balaban J connectivity index is 0. The van der Waals surface area contributed by atoms with E-state index in [0.29, 0.717) is 6.42 Å². The maximum absolute atomic E-state index is 10.8. The maximum atomic E-state index is 10.8. The van der Waals surface area contributed by atoms with Crippen LogP contribution in [0.4, 0.5) is 0 Å². The highest BCUT2D eigenvalue weighted by molar-refractivity contribution is 7.40. The van der Waals surface area contributed by atoms with Gasteiger partial charge in [-0.15, -0.1) is 0 Å². The Morgan fingerprint density at radius 2 is 1.43 bits per heavy atom. The van der Waals surface area contributed by atoms with Crippen molar-refractivity contribution in [2.24, 2.45) is 0 Å². The molecule has 2 atom stereocenters. The molecule has 0 saturated heterocycles. The number of unbranched alkanes of at least 4 members (excludes halogenated alkanes) is 2. The number of benzene rings is 1. The van der Waals surface area contributed by atoms with E-state index < -0.39 is 5.60 Å². The van der Waals surface area contributed by atoms with Gasteiger partial charge in [0.25, 0.3) is 0 Å².